The molecule has 17 heavy (non-hydrogen) atoms. The Balaban J connectivity index is 2.25. The van der Waals surface area contributed by atoms with E-state index in [-0.39, 0.29) is 5.92 Å². The smallest absolute Gasteiger partial charge is 0.415 e. The van der Waals surface area contributed by atoms with E-state index in [9.17, 15) is 9.59 Å². The molecule has 0 saturated carbocycles. The van der Waals surface area contributed by atoms with Gasteiger partial charge in [0.25, 0.3) is 0 Å². The van der Waals surface area contributed by atoms with Gasteiger partial charge in [-0.15, -0.1) is 0 Å². The standard InChI is InChI=1S/C11H14N2O4/c1-8(2)10(14)16-7-17-11(15)13-9-5-3-4-6-12-9/h3-6,8H,7H2,1-2H3,(H,12,13,15). The van der Waals surface area contributed by atoms with Crippen LogP contribution < -0.4 is 5.32 Å². The second-order valence-corrected chi connectivity index (χ2v) is 3.51. The Bertz CT molecular complexity index is 378. The highest BCUT2D eigenvalue weighted by Crippen LogP contribution is 2.01. The van der Waals surface area contributed by atoms with Crippen LogP contribution in [0.5, 0.6) is 0 Å². The minimum absolute atomic E-state index is 0.252. The second-order valence-electron chi connectivity index (χ2n) is 3.51. The van der Waals surface area contributed by atoms with E-state index >= 15 is 0 Å². The molecule has 0 saturated heterocycles. The Morgan fingerprint density at radius 2 is 2.12 bits per heavy atom. The molecule has 6 nitrogen and oxygen atoms in total. The van der Waals surface area contributed by atoms with Crippen LogP contribution in [-0.4, -0.2) is 23.8 Å². The van der Waals surface area contributed by atoms with Gasteiger partial charge in [-0.1, -0.05) is 19.9 Å². The van der Waals surface area contributed by atoms with E-state index in [2.05, 4.69) is 19.8 Å². The number of aromatic nitrogens is 1. The van der Waals surface area contributed by atoms with Crippen molar-refractivity contribution in [2.45, 2.75) is 13.8 Å². The van der Waals surface area contributed by atoms with Crippen LogP contribution >= 0.6 is 0 Å². The molecule has 0 aliphatic heterocycles. The zero-order valence-corrected chi connectivity index (χ0v) is 9.67. The number of hydrogen-bond donors (Lipinski definition) is 1. The Morgan fingerprint density at radius 1 is 1.35 bits per heavy atom. The number of nitrogens with one attached hydrogen (secondary N) is 1. The maximum Gasteiger partial charge on any atom is 0.415 e. The third kappa shape index (κ3) is 4.96. The molecule has 1 aromatic heterocycles. The first kappa shape index (κ1) is 13.0. The van der Waals surface area contributed by atoms with Gasteiger partial charge < -0.3 is 9.47 Å². The molecule has 6 heteroatoms. The third-order valence-electron chi connectivity index (χ3n) is 1.76. The van der Waals surface area contributed by atoms with Crippen molar-refractivity contribution in [3.05, 3.63) is 24.4 Å². The Morgan fingerprint density at radius 3 is 2.71 bits per heavy atom. The number of rotatable bonds is 4. The molecule has 0 radical (unpaired) electrons. The zero-order chi connectivity index (χ0) is 12.7. The summed E-state index contributed by atoms with van der Waals surface area (Å²) in [6, 6.07) is 5.06. The van der Waals surface area contributed by atoms with Gasteiger partial charge in [0, 0.05) is 6.20 Å². The van der Waals surface area contributed by atoms with E-state index in [1.807, 2.05) is 0 Å². The molecule has 0 aromatic carbocycles. The topological polar surface area (TPSA) is 77.5 Å². The SMILES string of the molecule is CC(C)C(=O)OCOC(=O)Nc1ccccn1. The lowest BCUT2D eigenvalue weighted by molar-refractivity contribution is -0.155. The zero-order valence-electron chi connectivity index (χ0n) is 9.67. The molecule has 0 aliphatic rings. The summed E-state index contributed by atoms with van der Waals surface area (Å²) in [6.45, 7) is 2.97. The summed E-state index contributed by atoms with van der Waals surface area (Å²) in [6.07, 6.45) is 0.814. The molecule has 1 rings (SSSR count). The lowest BCUT2D eigenvalue weighted by atomic mass is 10.2. The Kier molecular flexibility index (Phi) is 4.93. The number of anilines is 1. The van der Waals surface area contributed by atoms with Crippen molar-refractivity contribution in [1.82, 2.24) is 4.98 Å². The number of carbonyl (C=O) groups excluding carboxylic acids is 2. The molecule has 0 bridgehead atoms. The quantitative estimate of drug-likeness (QED) is 0.639. The predicted octanol–water partition coefficient (Wildman–Crippen LogP) is 1.79. The van der Waals surface area contributed by atoms with Crippen LogP contribution in [0.15, 0.2) is 24.4 Å². The number of esters is 1. The lowest BCUT2D eigenvalue weighted by Crippen LogP contribution is -2.19. The fourth-order valence-corrected chi connectivity index (χ4v) is 0.885. The monoisotopic (exact) mass is 238 g/mol. The van der Waals surface area contributed by atoms with Crippen molar-refractivity contribution in [3.63, 3.8) is 0 Å². The summed E-state index contributed by atoms with van der Waals surface area (Å²) in [5.41, 5.74) is 0. The van der Waals surface area contributed by atoms with Crippen LogP contribution in [0.25, 0.3) is 0 Å². The van der Waals surface area contributed by atoms with Gasteiger partial charge in [-0.05, 0) is 12.1 Å². The number of carbonyl (C=O) groups is 2. The first-order valence-corrected chi connectivity index (χ1v) is 5.11. The largest absolute Gasteiger partial charge is 0.428 e. The molecule has 0 fully saturated rings. The highest BCUT2D eigenvalue weighted by Gasteiger charge is 2.09. The van der Waals surface area contributed by atoms with E-state index in [1.54, 1.807) is 32.0 Å². The molecule has 1 heterocycles. The first-order valence-electron chi connectivity index (χ1n) is 5.11. The fourth-order valence-electron chi connectivity index (χ4n) is 0.885. The van der Waals surface area contributed by atoms with Gasteiger partial charge >= 0.3 is 12.1 Å². The van der Waals surface area contributed by atoms with Gasteiger partial charge in [-0.3, -0.25) is 10.1 Å². The summed E-state index contributed by atoms with van der Waals surface area (Å²) in [5, 5.41) is 2.38. The molecule has 92 valence electrons. The van der Waals surface area contributed by atoms with Crippen LogP contribution in [-0.2, 0) is 14.3 Å². The number of hydrogen-bond acceptors (Lipinski definition) is 5. The van der Waals surface area contributed by atoms with Crippen molar-refractivity contribution in [2.24, 2.45) is 5.92 Å². The molecule has 0 aliphatic carbocycles. The maximum atomic E-state index is 11.2. The summed E-state index contributed by atoms with van der Waals surface area (Å²) >= 11 is 0. The third-order valence-corrected chi connectivity index (χ3v) is 1.76. The van der Waals surface area contributed by atoms with Gasteiger partial charge in [-0.25, -0.2) is 9.78 Å². The lowest BCUT2D eigenvalue weighted by Gasteiger charge is -2.08. The molecule has 1 aromatic rings. The van der Waals surface area contributed by atoms with Crippen molar-refractivity contribution in [1.29, 1.82) is 0 Å². The summed E-state index contributed by atoms with van der Waals surface area (Å²) in [7, 11) is 0. The summed E-state index contributed by atoms with van der Waals surface area (Å²) in [5.74, 6) is -0.305. The van der Waals surface area contributed by atoms with Crippen LogP contribution in [0.4, 0.5) is 10.6 Å². The molecular weight excluding hydrogens is 224 g/mol. The van der Waals surface area contributed by atoms with Gasteiger partial charge in [0.05, 0.1) is 5.92 Å². The van der Waals surface area contributed by atoms with E-state index < -0.39 is 18.9 Å². The first-order chi connectivity index (χ1) is 8.09. The fraction of sp³-hybridized carbons (Fsp3) is 0.364. The van der Waals surface area contributed by atoms with Gasteiger partial charge in [0.1, 0.15) is 5.82 Å². The van der Waals surface area contributed by atoms with E-state index in [4.69, 9.17) is 0 Å². The molecule has 0 unspecified atom stereocenters. The molecular formula is C11H14N2O4. The highest BCUT2D eigenvalue weighted by molar-refractivity contribution is 5.83. The number of pyridine rings is 1. The van der Waals surface area contributed by atoms with Crippen molar-refractivity contribution < 1.29 is 19.1 Å². The molecule has 1 N–H and O–H groups in total. The van der Waals surface area contributed by atoms with Crippen LogP contribution in [0.3, 0.4) is 0 Å². The highest BCUT2D eigenvalue weighted by atomic mass is 16.7. The predicted molar refractivity (Wildman–Crippen MR) is 60.1 cm³/mol. The molecule has 0 spiro atoms. The van der Waals surface area contributed by atoms with Crippen molar-refractivity contribution >= 4 is 17.9 Å². The summed E-state index contributed by atoms with van der Waals surface area (Å²) < 4.78 is 9.30. The average Bonchev–Trinajstić information content (AvgIpc) is 2.30. The van der Waals surface area contributed by atoms with Crippen molar-refractivity contribution in [2.75, 3.05) is 12.1 Å². The Hall–Kier alpha value is -2.11. The number of nitrogens with zero attached hydrogens (tertiary/aromatic N) is 1. The average molecular weight is 238 g/mol. The van der Waals surface area contributed by atoms with E-state index in [1.165, 1.54) is 6.20 Å². The second kappa shape index (κ2) is 6.47. The minimum Gasteiger partial charge on any atom is -0.428 e. The van der Waals surface area contributed by atoms with Gasteiger partial charge in [0.15, 0.2) is 0 Å². The molecule has 0 atom stereocenters. The Labute approximate surface area is 98.9 Å². The van der Waals surface area contributed by atoms with Gasteiger partial charge in [0.2, 0.25) is 6.79 Å². The number of amides is 1. The van der Waals surface area contributed by atoms with Crippen molar-refractivity contribution in [3.8, 4) is 0 Å². The normalized spacial score (nSPS) is 9.82. The van der Waals surface area contributed by atoms with Crippen LogP contribution in [0.1, 0.15) is 13.8 Å². The van der Waals surface area contributed by atoms with Gasteiger partial charge in [-0.2, -0.15) is 0 Å². The minimum atomic E-state index is -0.722. The van der Waals surface area contributed by atoms with E-state index in [0.29, 0.717) is 5.82 Å². The number of ether oxygens (including phenoxy) is 2. The molecule has 1 amide bonds. The summed E-state index contributed by atoms with van der Waals surface area (Å²) in [4.78, 5) is 26.1. The van der Waals surface area contributed by atoms with E-state index in [0.717, 1.165) is 0 Å². The maximum absolute atomic E-state index is 11.2. The van der Waals surface area contributed by atoms with Crippen LogP contribution in [0.2, 0.25) is 0 Å². The van der Waals surface area contributed by atoms with Crippen LogP contribution in [0, 0.1) is 5.92 Å².